The molecule has 2 aliphatic heterocycles. The van der Waals surface area contributed by atoms with Crippen LogP contribution in [0.25, 0.3) is 15.6 Å². The Morgan fingerprint density at radius 2 is 1.83 bits per heavy atom. The van der Waals surface area contributed by atoms with E-state index in [1.165, 1.54) is 45.2 Å². The van der Waals surface area contributed by atoms with E-state index in [0.717, 1.165) is 22.1 Å². The van der Waals surface area contributed by atoms with Crippen molar-refractivity contribution in [3.63, 3.8) is 0 Å². The van der Waals surface area contributed by atoms with Crippen LogP contribution in [0.5, 0.6) is 0 Å². The number of amides is 1. The second-order valence-electron chi connectivity index (χ2n) is 8.34. The predicted octanol–water partition coefficient (Wildman–Crippen LogP) is 4.60. The number of aromatic nitrogens is 2. The Morgan fingerprint density at radius 3 is 2.67 bits per heavy atom. The van der Waals surface area contributed by atoms with Gasteiger partial charge >= 0.3 is 0 Å². The van der Waals surface area contributed by atoms with Crippen molar-refractivity contribution in [3.05, 3.63) is 60.6 Å². The van der Waals surface area contributed by atoms with Crippen molar-refractivity contribution in [3.8, 4) is 15.6 Å². The van der Waals surface area contributed by atoms with Crippen LogP contribution >= 0.6 is 11.3 Å². The monoisotopic (exact) mass is 420 g/mol. The highest BCUT2D eigenvalue weighted by atomic mass is 32.1. The fourth-order valence-corrected chi connectivity index (χ4v) is 5.98. The van der Waals surface area contributed by atoms with Crippen molar-refractivity contribution >= 4 is 17.2 Å². The molecule has 4 heterocycles. The second-order valence-corrected chi connectivity index (χ2v) is 9.32. The van der Waals surface area contributed by atoms with Crippen LogP contribution in [0.15, 0.2) is 54.9 Å². The number of nitrogens with zero attached hydrogens (tertiary/aromatic N) is 3. The van der Waals surface area contributed by atoms with Gasteiger partial charge in [0.15, 0.2) is 5.13 Å². The van der Waals surface area contributed by atoms with Gasteiger partial charge in [-0.3, -0.25) is 4.79 Å². The van der Waals surface area contributed by atoms with Gasteiger partial charge in [0.25, 0.3) is 5.91 Å². The molecule has 3 aromatic rings. The molecule has 0 aliphatic carbocycles. The van der Waals surface area contributed by atoms with Gasteiger partial charge < -0.3 is 14.8 Å². The Kier molecular flexibility index (Phi) is 5.69. The maximum Gasteiger partial charge on any atom is 0.271 e. The van der Waals surface area contributed by atoms with Gasteiger partial charge in [-0.25, -0.2) is 4.98 Å². The molecule has 6 heteroatoms. The Bertz CT molecular complexity index is 980. The third-order valence-electron chi connectivity index (χ3n) is 6.45. The summed E-state index contributed by atoms with van der Waals surface area (Å²) in [6.45, 7) is 3.18. The fraction of sp³-hybridized carbons (Fsp3) is 0.417. The largest absolute Gasteiger partial charge is 0.350 e. The zero-order valence-electron chi connectivity index (χ0n) is 17.2. The predicted molar refractivity (Wildman–Crippen MR) is 121 cm³/mol. The number of carbonyl (C=O) groups excluding carboxylic acids is 1. The van der Waals surface area contributed by atoms with Gasteiger partial charge in [0.2, 0.25) is 0 Å². The number of benzene rings is 1. The van der Waals surface area contributed by atoms with Crippen LogP contribution in [0.3, 0.4) is 0 Å². The van der Waals surface area contributed by atoms with E-state index >= 15 is 0 Å². The number of carbonyl (C=O) groups is 1. The molecule has 2 atom stereocenters. The van der Waals surface area contributed by atoms with E-state index in [0.29, 0.717) is 17.7 Å². The molecular weight excluding hydrogens is 392 g/mol. The van der Waals surface area contributed by atoms with Gasteiger partial charge in [0, 0.05) is 25.0 Å². The lowest BCUT2D eigenvalue weighted by molar-refractivity contribution is 0.0575. The van der Waals surface area contributed by atoms with E-state index in [1.807, 2.05) is 59.4 Å². The molecular formula is C24H28N4OS. The minimum Gasteiger partial charge on any atom is -0.350 e. The molecule has 156 valence electrons. The SMILES string of the molecule is O=C(NC[C@@H]1CCCN2CCCC[C@H]12)c1nc(-n2cccc2)sc1-c1ccccc1. The van der Waals surface area contributed by atoms with E-state index in [2.05, 4.69) is 10.2 Å². The molecule has 1 N–H and O–H groups in total. The van der Waals surface area contributed by atoms with Gasteiger partial charge in [-0.15, -0.1) is 0 Å². The molecule has 0 saturated carbocycles. The van der Waals surface area contributed by atoms with E-state index in [1.54, 1.807) is 11.3 Å². The summed E-state index contributed by atoms with van der Waals surface area (Å²) in [4.78, 5) is 21.5. The molecule has 1 amide bonds. The molecule has 1 aromatic carbocycles. The number of thiazole rings is 1. The maximum atomic E-state index is 13.2. The van der Waals surface area contributed by atoms with Gasteiger partial charge in [-0.1, -0.05) is 48.1 Å². The average molecular weight is 421 g/mol. The van der Waals surface area contributed by atoms with E-state index in [-0.39, 0.29) is 5.91 Å². The second kappa shape index (κ2) is 8.74. The first-order valence-electron chi connectivity index (χ1n) is 11.0. The zero-order chi connectivity index (χ0) is 20.3. The van der Waals surface area contributed by atoms with Crippen LogP contribution in [0.1, 0.15) is 42.6 Å². The lowest BCUT2D eigenvalue weighted by Crippen LogP contribution is -2.51. The van der Waals surface area contributed by atoms with Crippen LogP contribution in [0.2, 0.25) is 0 Å². The number of hydrogen-bond donors (Lipinski definition) is 1. The van der Waals surface area contributed by atoms with E-state index < -0.39 is 0 Å². The lowest BCUT2D eigenvalue weighted by Gasteiger charge is -2.44. The summed E-state index contributed by atoms with van der Waals surface area (Å²) in [6.07, 6.45) is 10.3. The molecule has 2 aromatic heterocycles. The first-order valence-corrected chi connectivity index (χ1v) is 11.8. The van der Waals surface area contributed by atoms with Crippen LogP contribution in [0, 0.1) is 5.92 Å². The highest BCUT2D eigenvalue weighted by Crippen LogP contribution is 2.33. The highest BCUT2D eigenvalue weighted by molar-refractivity contribution is 7.17. The standard InChI is InChI=1S/C24H28N4OS/c29-23(25-17-19-11-8-16-27-13-5-4-12-20(19)27)21-22(18-9-2-1-3-10-18)30-24(26-21)28-14-6-7-15-28/h1-3,6-7,9-10,14-15,19-20H,4-5,8,11-13,16-17H2,(H,25,29)/t19-,20+/m0/s1. The molecule has 2 aliphatic rings. The average Bonchev–Trinajstić information content (AvgIpc) is 3.48. The van der Waals surface area contributed by atoms with Gasteiger partial charge in [0.05, 0.1) is 4.88 Å². The summed E-state index contributed by atoms with van der Waals surface area (Å²) in [5.41, 5.74) is 1.57. The lowest BCUT2D eigenvalue weighted by atomic mass is 9.83. The third kappa shape index (κ3) is 3.94. The van der Waals surface area contributed by atoms with Crippen molar-refractivity contribution in [1.29, 1.82) is 0 Å². The molecule has 2 saturated heterocycles. The normalized spacial score (nSPS) is 21.9. The summed E-state index contributed by atoms with van der Waals surface area (Å²) in [5.74, 6) is 0.488. The van der Waals surface area contributed by atoms with E-state index in [4.69, 9.17) is 4.98 Å². The van der Waals surface area contributed by atoms with Crippen molar-refractivity contribution in [2.75, 3.05) is 19.6 Å². The third-order valence-corrected chi connectivity index (χ3v) is 7.56. The van der Waals surface area contributed by atoms with Crippen molar-refractivity contribution < 1.29 is 4.79 Å². The number of nitrogens with one attached hydrogen (secondary N) is 1. The quantitative estimate of drug-likeness (QED) is 0.657. The zero-order valence-corrected chi connectivity index (χ0v) is 18.0. The van der Waals surface area contributed by atoms with Gasteiger partial charge in [0.1, 0.15) is 5.69 Å². The number of piperidine rings is 2. The molecule has 0 bridgehead atoms. The molecule has 30 heavy (non-hydrogen) atoms. The van der Waals surface area contributed by atoms with Crippen LogP contribution in [-0.4, -0.2) is 46.0 Å². The minimum atomic E-state index is -0.0588. The van der Waals surface area contributed by atoms with Crippen LogP contribution in [0.4, 0.5) is 0 Å². The minimum absolute atomic E-state index is 0.0588. The van der Waals surface area contributed by atoms with Crippen LogP contribution in [-0.2, 0) is 0 Å². The summed E-state index contributed by atoms with van der Waals surface area (Å²) >= 11 is 1.56. The van der Waals surface area contributed by atoms with Gasteiger partial charge in [-0.2, -0.15) is 0 Å². The van der Waals surface area contributed by atoms with Crippen LogP contribution < -0.4 is 5.32 Å². The maximum absolute atomic E-state index is 13.2. The number of fused-ring (bicyclic) bond motifs is 1. The molecule has 5 nitrogen and oxygen atoms in total. The summed E-state index contributed by atoms with van der Waals surface area (Å²) in [5, 5.41) is 4.06. The van der Waals surface area contributed by atoms with Crippen molar-refractivity contribution in [1.82, 2.24) is 19.8 Å². The van der Waals surface area contributed by atoms with Crippen molar-refractivity contribution in [2.24, 2.45) is 5.92 Å². The molecule has 0 unspecified atom stereocenters. The molecule has 0 spiro atoms. The molecule has 5 rings (SSSR count). The smallest absolute Gasteiger partial charge is 0.271 e. The Labute approximate surface area is 181 Å². The highest BCUT2D eigenvalue weighted by Gasteiger charge is 2.33. The molecule has 0 radical (unpaired) electrons. The first-order chi connectivity index (χ1) is 14.8. The first kappa shape index (κ1) is 19.5. The topological polar surface area (TPSA) is 50.2 Å². The summed E-state index contributed by atoms with van der Waals surface area (Å²) < 4.78 is 1.97. The van der Waals surface area contributed by atoms with Crippen molar-refractivity contribution in [2.45, 2.75) is 38.1 Å². The van der Waals surface area contributed by atoms with E-state index in [9.17, 15) is 4.79 Å². The Hall–Kier alpha value is -2.44. The van der Waals surface area contributed by atoms with Gasteiger partial charge in [-0.05, 0) is 62.4 Å². The summed E-state index contributed by atoms with van der Waals surface area (Å²) in [6, 6.07) is 14.7. The Morgan fingerprint density at radius 1 is 1.03 bits per heavy atom. The summed E-state index contributed by atoms with van der Waals surface area (Å²) in [7, 11) is 0. The molecule has 2 fully saturated rings. The Balaban J connectivity index is 1.37. The number of rotatable bonds is 5. The number of hydrogen-bond acceptors (Lipinski definition) is 4. The fourth-order valence-electron chi connectivity index (χ4n) is 4.94.